The quantitative estimate of drug-likeness (QED) is 0.742. The van der Waals surface area contributed by atoms with Crippen molar-refractivity contribution < 1.29 is 14.6 Å². The van der Waals surface area contributed by atoms with E-state index in [0.717, 1.165) is 6.42 Å². The fourth-order valence-electron chi connectivity index (χ4n) is 1.91. The summed E-state index contributed by atoms with van der Waals surface area (Å²) in [6.45, 7) is 8.52. The lowest BCUT2D eigenvalue weighted by Gasteiger charge is -2.25. The summed E-state index contributed by atoms with van der Waals surface area (Å²) in [5.41, 5.74) is 5.97. The van der Waals surface area contributed by atoms with Gasteiger partial charge in [0.05, 0.1) is 0 Å². The minimum Gasteiger partial charge on any atom is -0.461 e. The van der Waals surface area contributed by atoms with Gasteiger partial charge >= 0.3 is 5.97 Å². The van der Waals surface area contributed by atoms with Crippen LogP contribution in [0.2, 0.25) is 0 Å². The van der Waals surface area contributed by atoms with Crippen LogP contribution in [0.5, 0.6) is 0 Å². The number of nitrogens with two attached hydrogens (primary N) is 1. The SMILES string of the molecule is CC(C)C(CO)CC(N)C1CCC(=O)O1.CCC. The molecule has 4 nitrogen and oxygen atoms in total. The third kappa shape index (κ3) is 6.36. The predicted octanol–water partition coefficient (Wildman–Crippen LogP) is 2.09. The second kappa shape index (κ2) is 9.34. The first kappa shape index (κ1) is 17.4. The molecule has 1 heterocycles. The predicted molar refractivity (Wildman–Crippen MR) is 73.1 cm³/mol. The molecule has 1 aliphatic rings. The Bertz CT molecular complexity index is 231. The number of ether oxygens (including phenoxy) is 1. The number of carbonyl (C=O) groups excluding carboxylic acids is 1. The van der Waals surface area contributed by atoms with Gasteiger partial charge in [0.2, 0.25) is 0 Å². The van der Waals surface area contributed by atoms with Crippen LogP contribution in [-0.4, -0.2) is 29.8 Å². The Labute approximate surface area is 111 Å². The fraction of sp³-hybridized carbons (Fsp3) is 0.929. The van der Waals surface area contributed by atoms with E-state index in [9.17, 15) is 9.90 Å². The van der Waals surface area contributed by atoms with Crippen molar-refractivity contribution in [3.05, 3.63) is 0 Å². The van der Waals surface area contributed by atoms with Gasteiger partial charge in [0.15, 0.2) is 0 Å². The van der Waals surface area contributed by atoms with Crippen LogP contribution < -0.4 is 5.73 Å². The summed E-state index contributed by atoms with van der Waals surface area (Å²) in [6.07, 6.45) is 3.01. The molecule has 3 atom stereocenters. The molecule has 0 spiro atoms. The molecular formula is C14H29NO3. The number of cyclic esters (lactones) is 1. The normalized spacial score (nSPS) is 22.2. The van der Waals surface area contributed by atoms with Crippen molar-refractivity contribution in [2.75, 3.05) is 6.61 Å². The maximum Gasteiger partial charge on any atom is 0.306 e. The van der Waals surface area contributed by atoms with Crippen LogP contribution in [0.3, 0.4) is 0 Å². The minimum atomic E-state index is -0.152. The Hall–Kier alpha value is -0.610. The number of aliphatic hydroxyl groups is 1. The van der Waals surface area contributed by atoms with Gasteiger partial charge in [0.1, 0.15) is 6.10 Å². The van der Waals surface area contributed by atoms with Gasteiger partial charge in [-0.3, -0.25) is 4.79 Å². The van der Waals surface area contributed by atoms with Gasteiger partial charge in [-0.1, -0.05) is 34.1 Å². The van der Waals surface area contributed by atoms with E-state index in [4.69, 9.17) is 10.5 Å². The molecule has 3 unspecified atom stereocenters. The summed E-state index contributed by atoms with van der Waals surface area (Å²) in [6, 6.07) is -0.143. The Balaban J connectivity index is 0.000000873. The van der Waals surface area contributed by atoms with Crippen molar-refractivity contribution in [3.63, 3.8) is 0 Å². The monoisotopic (exact) mass is 259 g/mol. The van der Waals surface area contributed by atoms with E-state index in [1.165, 1.54) is 6.42 Å². The number of esters is 1. The highest BCUT2D eigenvalue weighted by atomic mass is 16.5. The Morgan fingerprint density at radius 1 is 1.44 bits per heavy atom. The van der Waals surface area contributed by atoms with Crippen molar-refractivity contribution in [2.24, 2.45) is 17.6 Å². The van der Waals surface area contributed by atoms with Crippen molar-refractivity contribution >= 4 is 5.97 Å². The molecule has 0 amide bonds. The van der Waals surface area contributed by atoms with Crippen LogP contribution in [0.25, 0.3) is 0 Å². The zero-order valence-electron chi connectivity index (χ0n) is 12.2. The molecule has 1 aliphatic heterocycles. The van der Waals surface area contributed by atoms with Gasteiger partial charge < -0.3 is 15.6 Å². The van der Waals surface area contributed by atoms with Gasteiger partial charge in [-0.05, 0) is 24.7 Å². The second-order valence-corrected chi connectivity index (χ2v) is 5.36. The zero-order valence-corrected chi connectivity index (χ0v) is 12.2. The molecule has 4 heteroatoms. The molecule has 0 aromatic heterocycles. The molecule has 1 rings (SSSR count). The molecule has 3 N–H and O–H groups in total. The fourth-order valence-corrected chi connectivity index (χ4v) is 1.91. The minimum absolute atomic E-state index is 0.143. The summed E-state index contributed by atoms with van der Waals surface area (Å²) in [5, 5.41) is 9.18. The smallest absolute Gasteiger partial charge is 0.306 e. The molecule has 0 saturated carbocycles. The number of rotatable bonds is 5. The van der Waals surface area contributed by atoms with E-state index in [1.54, 1.807) is 0 Å². The Morgan fingerprint density at radius 3 is 2.33 bits per heavy atom. The molecule has 18 heavy (non-hydrogen) atoms. The maximum absolute atomic E-state index is 10.9. The van der Waals surface area contributed by atoms with Gasteiger partial charge in [0.25, 0.3) is 0 Å². The Kier molecular flexibility index (Phi) is 9.02. The second-order valence-electron chi connectivity index (χ2n) is 5.36. The lowest BCUT2D eigenvalue weighted by atomic mass is 9.88. The molecule has 108 valence electrons. The highest BCUT2D eigenvalue weighted by Crippen LogP contribution is 2.23. The van der Waals surface area contributed by atoms with Crippen molar-refractivity contribution in [1.82, 2.24) is 0 Å². The first-order valence-corrected chi connectivity index (χ1v) is 7.02. The van der Waals surface area contributed by atoms with Gasteiger partial charge in [-0.15, -0.1) is 0 Å². The van der Waals surface area contributed by atoms with Crippen LogP contribution in [0.4, 0.5) is 0 Å². The van der Waals surface area contributed by atoms with Gasteiger partial charge in [-0.25, -0.2) is 0 Å². The summed E-state index contributed by atoms with van der Waals surface area (Å²) in [7, 11) is 0. The molecule has 0 bridgehead atoms. The summed E-state index contributed by atoms with van der Waals surface area (Å²) in [5.74, 6) is 0.443. The van der Waals surface area contributed by atoms with Crippen LogP contribution in [0.15, 0.2) is 0 Å². The lowest BCUT2D eigenvalue weighted by Crippen LogP contribution is -2.38. The largest absolute Gasteiger partial charge is 0.461 e. The first-order valence-electron chi connectivity index (χ1n) is 7.02. The first-order chi connectivity index (χ1) is 8.46. The van der Waals surface area contributed by atoms with E-state index >= 15 is 0 Å². The number of hydrogen-bond donors (Lipinski definition) is 2. The molecule has 0 radical (unpaired) electrons. The van der Waals surface area contributed by atoms with Crippen molar-refractivity contribution in [2.45, 2.75) is 65.5 Å². The third-order valence-corrected chi connectivity index (χ3v) is 3.15. The molecule has 0 aliphatic carbocycles. The van der Waals surface area contributed by atoms with E-state index < -0.39 is 0 Å². The van der Waals surface area contributed by atoms with E-state index in [1.807, 2.05) is 0 Å². The van der Waals surface area contributed by atoms with Gasteiger partial charge in [0, 0.05) is 19.1 Å². The number of aliphatic hydroxyl groups excluding tert-OH is 1. The van der Waals surface area contributed by atoms with E-state index in [0.29, 0.717) is 18.8 Å². The average Bonchev–Trinajstić information content (AvgIpc) is 2.73. The topological polar surface area (TPSA) is 72.5 Å². The van der Waals surface area contributed by atoms with Crippen LogP contribution in [0.1, 0.15) is 53.4 Å². The molecule has 0 aromatic carbocycles. The molecular weight excluding hydrogens is 230 g/mol. The highest BCUT2D eigenvalue weighted by Gasteiger charge is 2.30. The van der Waals surface area contributed by atoms with Crippen molar-refractivity contribution in [3.8, 4) is 0 Å². The number of carbonyl (C=O) groups is 1. The van der Waals surface area contributed by atoms with Crippen molar-refractivity contribution in [1.29, 1.82) is 0 Å². The van der Waals surface area contributed by atoms with E-state index in [-0.39, 0.29) is 30.6 Å². The lowest BCUT2D eigenvalue weighted by molar-refractivity contribution is -0.142. The summed E-state index contributed by atoms with van der Waals surface area (Å²) < 4.78 is 5.10. The van der Waals surface area contributed by atoms with Crippen LogP contribution in [0, 0.1) is 11.8 Å². The average molecular weight is 259 g/mol. The summed E-state index contributed by atoms with van der Waals surface area (Å²) in [4.78, 5) is 10.9. The maximum atomic E-state index is 10.9. The molecule has 1 saturated heterocycles. The summed E-state index contributed by atoms with van der Waals surface area (Å²) >= 11 is 0. The van der Waals surface area contributed by atoms with Crippen LogP contribution >= 0.6 is 0 Å². The van der Waals surface area contributed by atoms with E-state index in [2.05, 4.69) is 27.7 Å². The highest BCUT2D eigenvalue weighted by molar-refractivity contribution is 5.71. The Morgan fingerprint density at radius 2 is 2.00 bits per heavy atom. The van der Waals surface area contributed by atoms with Gasteiger partial charge in [-0.2, -0.15) is 0 Å². The van der Waals surface area contributed by atoms with Crippen LogP contribution in [-0.2, 0) is 9.53 Å². The molecule has 0 aromatic rings. The standard InChI is InChI=1S/C11H21NO3.C3H8/c1-7(2)8(6-13)5-9(12)10-3-4-11(14)15-10;1-3-2/h7-10,13H,3-6,12H2,1-2H3;3H2,1-2H3. The molecule has 1 fully saturated rings. The zero-order chi connectivity index (χ0) is 14.1. The number of hydrogen-bond acceptors (Lipinski definition) is 4. The third-order valence-electron chi connectivity index (χ3n) is 3.15.